The Hall–Kier alpha value is -3.72. The van der Waals surface area contributed by atoms with Crippen LogP contribution in [0.15, 0.2) is 71.6 Å². The van der Waals surface area contributed by atoms with Crippen LogP contribution >= 0.6 is 0 Å². The summed E-state index contributed by atoms with van der Waals surface area (Å²) >= 11 is 0. The van der Waals surface area contributed by atoms with Gasteiger partial charge in [-0.1, -0.05) is 12.1 Å². The van der Waals surface area contributed by atoms with Gasteiger partial charge >= 0.3 is 0 Å². The zero-order valence-corrected chi connectivity index (χ0v) is 20.9. The Morgan fingerprint density at radius 2 is 1.66 bits per heavy atom. The summed E-state index contributed by atoms with van der Waals surface area (Å²) in [5, 5.41) is 2.84. The van der Waals surface area contributed by atoms with Gasteiger partial charge < -0.3 is 19.9 Å². The van der Waals surface area contributed by atoms with Crippen molar-refractivity contribution in [2.75, 3.05) is 54.1 Å². The molecule has 0 aromatic heterocycles. The molecule has 9 heteroatoms. The molecule has 1 saturated heterocycles. The Labute approximate surface area is 206 Å². The van der Waals surface area contributed by atoms with Crippen LogP contribution in [-0.2, 0) is 10.0 Å². The zero-order valence-electron chi connectivity index (χ0n) is 20.1. The topological polar surface area (TPSA) is 91.0 Å². The van der Waals surface area contributed by atoms with Crippen LogP contribution in [0.3, 0.4) is 0 Å². The quantitative estimate of drug-likeness (QED) is 0.482. The molecule has 3 aromatic carbocycles. The third-order valence-electron chi connectivity index (χ3n) is 5.95. The molecule has 8 nitrogen and oxygen atoms in total. The van der Waals surface area contributed by atoms with Crippen LogP contribution in [0.1, 0.15) is 23.2 Å². The molecule has 1 fully saturated rings. The van der Waals surface area contributed by atoms with Crippen molar-refractivity contribution in [1.82, 2.24) is 0 Å². The van der Waals surface area contributed by atoms with E-state index >= 15 is 0 Å². The van der Waals surface area contributed by atoms with Crippen molar-refractivity contribution in [3.63, 3.8) is 0 Å². The largest absolute Gasteiger partial charge is 0.495 e. The summed E-state index contributed by atoms with van der Waals surface area (Å²) in [7, 11) is 1.37. The number of hydrogen-bond acceptors (Lipinski definition) is 6. The van der Waals surface area contributed by atoms with E-state index in [0.29, 0.717) is 28.4 Å². The average Bonchev–Trinajstić information content (AvgIpc) is 3.39. The van der Waals surface area contributed by atoms with Crippen LogP contribution in [-0.4, -0.2) is 48.6 Å². The van der Waals surface area contributed by atoms with Gasteiger partial charge in [-0.3, -0.25) is 9.52 Å². The predicted octanol–water partition coefficient (Wildman–Crippen LogP) is 4.41. The van der Waals surface area contributed by atoms with Crippen molar-refractivity contribution < 1.29 is 17.9 Å². The second-order valence-corrected chi connectivity index (χ2v) is 10.2. The number of nitrogens with zero attached hydrogens (tertiary/aromatic N) is 2. The third-order valence-corrected chi connectivity index (χ3v) is 7.35. The number of amides is 1. The standard InChI is InChI=1S/C26H30N4O4S/c1-29(2)21-13-10-19(11-14-21)26(31)27-20-12-15-23(30-16-6-7-17-30)25(18-20)35(32,33)28-22-8-4-5-9-24(22)34-3/h4-5,8-15,18,28H,6-7,16-17H2,1-3H3,(H,27,31). The molecule has 35 heavy (non-hydrogen) atoms. The fraction of sp³-hybridized carbons (Fsp3) is 0.269. The van der Waals surface area contributed by atoms with Gasteiger partial charge in [-0.2, -0.15) is 0 Å². The highest BCUT2D eigenvalue weighted by molar-refractivity contribution is 7.93. The Kier molecular flexibility index (Phi) is 7.16. The van der Waals surface area contributed by atoms with Crippen molar-refractivity contribution in [3.05, 3.63) is 72.3 Å². The molecule has 3 aromatic rings. The van der Waals surface area contributed by atoms with E-state index in [4.69, 9.17) is 4.74 Å². The molecular weight excluding hydrogens is 464 g/mol. The van der Waals surface area contributed by atoms with Crippen LogP contribution in [0.2, 0.25) is 0 Å². The highest BCUT2D eigenvalue weighted by Gasteiger charge is 2.26. The maximum Gasteiger partial charge on any atom is 0.264 e. The van der Waals surface area contributed by atoms with Crippen molar-refractivity contribution in [2.24, 2.45) is 0 Å². The summed E-state index contributed by atoms with van der Waals surface area (Å²) in [6, 6.07) is 19.1. The van der Waals surface area contributed by atoms with Gasteiger partial charge in [0.2, 0.25) is 0 Å². The molecule has 0 aliphatic carbocycles. The van der Waals surface area contributed by atoms with Gasteiger partial charge in [0.1, 0.15) is 10.6 Å². The number of carbonyl (C=O) groups excluding carboxylic acids is 1. The van der Waals surface area contributed by atoms with Crippen molar-refractivity contribution in [1.29, 1.82) is 0 Å². The molecule has 184 valence electrons. The number of nitrogens with one attached hydrogen (secondary N) is 2. The molecule has 1 amide bonds. The van der Waals surface area contributed by atoms with Gasteiger partial charge in [0.25, 0.3) is 15.9 Å². The maximum atomic E-state index is 13.5. The lowest BCUT2D eigenvalue weighted by atomic mass is 10.1. The monoisotopic (exact) mass is 494 g/mol. The number of carbonyl (C=O) groups is 1. The minimum absolute atomic E-state index is 0.103. The number of methoxy groups -OCH3 is 1. The highest BCUT2D eigenvalue weighted by Crippen LogP contribution is 2.34. The van der Waals surface area contributed by atoms with Crippen LogP contribution in [0.4, 0.5) is 22.7 Å². The van der Waals surface area contributed by atoms with E-state index in [1.807, 2.05) is 31.1 Å². The highest BCUT2D eigenvalue weighted by atomic mass is 32.2. The first-order valence-corrected chi connectivity index (χ1v) is 12.9. The Bertz CT molecular complexity index is 1300. The summed E-state index contributed by atoms with van der Waals surface area (Å²) in [4.78, 5) is 17.0. The minimum atomic E-state index is -3.98. The lowest BCUT2D eigenvalue weighted by molar-refractivity contribution is 0.102. The van der Waals surface area contributed by atoms with Gasteiger partial charge in [-0.15, -0.1) is 0 Å². The van der Waals surface area contributed by atoms with Crippen molar-refractivity contribution >= 4 is 38.7 Å². The number of sulfonamides is 1. The Morgan fingerprint density at radius 3 is 2.31 bits per heavy atom. The number of ether oxygens (including phenoxy) is 1. The number of anilines is 4. The maximum absolute atomic E-state index is 13.5. The molecule has 1 aliphatic rings. The summed E-state index contributed by atoms with van der Waals surface area (Å²) in [5.74, 6) is 0.106. The number of rotatable bonds is 8. The first-order valence-electron chi connectivity index (χ1n) is 11.4. The van der Waals surface area contributed by atoms with Crippen LogP contribution in [0, 0.1) is 0 Å². The van der Waals surface area contributed by atoms with E-state index < -0.39 is 10.0 Å². The van der Waals surface area contributed by atoms with E-state index in [9.17, 15) is 13.2 Å². The van der Waals surface area contributed by atoms with E-state index in [1.165, 1.54) is 13.2 Å². The van der Waals surface area contributed by atoms with Crippen LogP contribution in [0.25, 0.3) is 0 Å². The van der Waals surface area contributed by atoms with E-state index in [0.717, 1.165) is 31.6 Å². The molecule has 0 spiro atoms. The summed E-state index contributed by atoms with van der Waals surface area (Å²) in [5.41, 5.74) is 2.81. The summed E-state index contributed by atoms with van der Waals surface area (Å²) in [6.07, 6.45) is 2.00. The zero-order chi connectivity index (χ0) is 25.0. The fourth-order valence-electron chi connectivity index (χ4n) is 4.07. The van der Waals surface area contributed by atoms with Gasteiger partial charge in [0.05, 0.1) is 18.5 Å². The molecule has 0 unspecified atom stereocenters. The smallest absolute Gasteiger partial charge is 0.264 e. The van der Waals surface area contributed by atoms with Gasteiger partial charge in [-0.05, 0) is 67.4 Å². The number of para-hydroxylation sites is 2. The first-order chi connectivity index (χ1) is 16.8. The number of hydrogen-bond donors (Lipinski definition) is 2. The minimum Gasteiger partial charge on any atom is -0.495 e. The normalized spacial score (nSPS) is 13.4. The van der Waals surface area contributed by atoms with E-state index in [2.05, 4.69) is 14.9 Å². The molecular formula is C26H30N4O4S. The molecule has 2 N–H and O–H groups in total. The van der Waals surface area contributed by atoms with Gasteiger partial charge in [-0.25, -0.2) is 8.42 Å². The molecule has 0 radical (unpaired) electrons. The summed E-state index contributed by atoms with van der Waals surface area (Å²) < 4.78 is 35.1. The molecule has 1 heterocycles. The Morgan fingerprint density at radius 1 is 0.971 bits per heavy atom. The predicted molar refractivity (Wildman–Crippen MR) is 140 cm³/mol. The molecule has 4 rings (SSSR count). The molecule has 0 saturated carbocycles. The average molecular weight is 495 g/mol. The van der Waals surface area contributed by atoms with Crippen LogP contribution < -0.4 is 24.6 Å². The van der Waals surface area contributed by atoms with E-state index in [1.54, 1.807) is 48.5 Å². The SMILES string of the molecule is COc1ccccc1NS(=O)(=O)c1cc(NC(=O)c2ccc(N(C)C)cc2)ccc1N1CCCC1. The fourth-order valence-corrected chi connectivity index (χ4v) is 5.39. The van der Waals surface area contributed by atoms with Crippen molar-refractivity contribution in [3.8, 4) is 5.75 Å². The number of benzene rings is 3. The lowest BCUT2D eigenvalue weighted by Gasteiger charge is -2.23. The van der Waals surface area contributed by atoms with Crippen molar-refractivity contribution in [2.45, 2.75) is 17.7 Å². The second kappa shape index (κ2) is 10.3. The molecule has 0 atom stereocenters. The third kappa shape index (κ3) is 5.51. The first kappa shape index (κ1) is 24.4. The van der Waals surface area contributed by atoms with Gasteiger partial charge in [0.15, 0.2) is 0 Å². The summed E-state index contributed by atoms with van der Waals surface area (Å²) in [6.45, 7) is 1.56. The second-order valence-electron chi connectivity index (χ2n) is 8.58. The van der Waals surface area contributed by atoms with E-state index in [-0.39, 0.29) is 10.8 Å². The lowest BCUT2D eigenvalue weighted by Crippen LogP contribution is -2.23. The van der Waals surface area contributed by atoms with Crippen LogP contribution in [0.5, 0.6) is 5.75 Å². The Balaban J connectivity index is 1.66. The molecule has 0 bridgehead atoms. The van der Waals surface area contributed by atoms with Gasteiger partial charge in [0, 0.05) is 44.1 Å². The molecule has 1 aliphatic heterocycles.